The second-order valence-corrected chi connectivity index (χ2v) is 3.20. The van der Waals surface area contributed by atoms with Crippen LogP contribution in [-0.4, -0.2) is 41.3 Å². The molecule has 0 atom stereocenters. The van der Waals surface area contributed by atoms with Gasteiger partial charge in [-0.2, -0.15) is 4.98 Å². The molecular weight excluding hydrogens is 211 g/mol. The van der Waals surface area contributed by atoms with Gasteiger partial charge in [0.25, 0.3) is 0 Å². The predicted molar refractivity (Wildman–Crippen MR) is 61.1 cm³/mol. The van der Waals surface area contributed by atoms with Crippen molar-refractivity contribution in [2.45, 2.75) is 13.8 Å². The molecule has 5 nitrogen and oxygen atoms in total. The van der Waals surface area contributed by atoms with Crippen LogP contribution in [0.4, 0.5) is 16.2 Å². The van der Waals surface area contributed by atoms with Crippen LogP contribution in [-0.2, 0) is 0 Å². The Morgan fingerprint density at radius 3 is 2.81 bits per heavy atom. The van der Waals surface area contributed by atoms with Crippen molar-refractivity contribution in [3.8, 4) is 0 Å². The zero-order valence-electron chi connectivity index (χ0n) is 9.57. The number of anilines is 2. The molecule has 0 unspecified atom stereocenters. The van der Waals surface area contributed by atoms with Gasteiger partial charge in [-0.1, -0.05) is 0 Å². The van der Waals surface area contributed by atoms with Gasteiger partial charge in [0.1, 0.15) is 0 Å². The molecular formula is C10H17FN4O. The lowest BCUT2D eigenvalue weighted by molar-refractivity contribution is 0.301. The number of nitrogens with zero attached hydrogens (tertiary/aromatic N) is 3. The third-order valence-corrected chi connectivity index (χ3v) is 2.11. The number of aromatic nitrogens is 2. The summed E-state index contributed by atoms with van der Waals surface area (Å²) >= 11 is 0. The molecule has 0 fully saturated rings. The third-order valence-electron chi connectivity index (χ3n) is 2.11. The molecule has 1 heterocycles. The summed E-state index contributed by atoms with van der Waals surface area (Å²) in [7, 11) is 0. The van der Waals surface area contributed by atoms with E-state index in [1.807, 2.05) is 13.8 Å². The first-order valence-corrected chi connectivity index (χ1v) is 5.35. The van der Waals surface area contributed by atoms with Crippen LogP contribution < -0.4 is 10.2 Å². The fourth-order valence-electron chi connectivity index (χ4n) is 1.36. The molecule has 2 N–H and O–H groups in total. The molecule has 16 heavy (non-hydrogen) atoms. The van der Waals surface area contributed by atoms with Crippen molar-refractivity contribution in [2.75, 3.05) is 36.5 Å². The highest BCUT2D eigenvalue weighted by atomic mass is 19.1. The molecule has 1 aromatic heterocycles. The zero-order valence-corrected chi connectivity index (χ0v) is 9.57. The summed E-state index contributed by atoms with van der Waals surface area (Å²) in [6, 6.07) is 0. The lowest BCUT2D eigenvalue weighted by Gasteiger charge is -2.21. The van der Waals surface area contributed by atoms with Gasteiger partial charge >= 0.3 is 0 Å². The number of halogens is 1. The Kier molecular flexibility index (Phi) is 4.91. The Labute approximate surface area is 94.3 Å². The molecule has 0 bridgehead atoms. The van der Waals surface area contributed by atoms with Gasteiger partial charge in [0.2, 0.25) is 5.95 Å². The van der Waals surface area contributed by atoms with E-state index in [9.17, 15) is 4.39 Å². The van der Waals surface area contributed by atoms with Crippen LogP contribution in [0.1, 0.15) is 13.8 Å². The maximum Gasteiger partial charge on any atom is 0.224 e. The lowest BCUT2D eigenvalue weighted by Crippen LogP contribution is -2.28. The number of likely N-dealkylation sites (N-methyl/N-ethyl adjacent to an activating group) is 1. The summed E-state index contributed by atoms with van der Waals surface area (Å²) in [5.41, 5.74) is 0. The van der Waals surface area contributed by atoms with Crippen LogP contribution >= 0.6 is 0 Å². The number of aliphatic hydroxyl groups is 1. The molecule has 0 saturated heterocycles. The van der Waals surface area contributed by atoms with Crippen molar-refractivity contribution in [3.05, 3.63) is 12.0 Å². The highest BCUT2D eigenvalue weighted by Gasteiger charge is 2.12. The van der Waals surface area contributed by atoms with Crippen LogP contribution in [0.15, 0.2) is 6.20 Å². The van der Waals surface area contributed by atoms with Crippen LogP contribution in [0, 0.1) is 5.82 Å². The Morgan fingerprint density at radius 2 is 2.25 bits per heavy atom. The highest BCUT2D eigenvalue weighted by Crippen LogP contribution is 2.16. The van der Waals surface area contributed by atoms with E-state index in [-0.39, 0.29) is 12.4 Å². The van der Waals surface area contributed by atoms with Gasteiger partial charge in [-0.05, 0) is 13.8 Å². The topological polar surface area (TPSA) is 61.3 Å². The summed E-state index contributed by atoms with van der Waals surface area (Å²) in [6.07, 6.45) is 1.14. The Bertz CT molecular complexity index is 335. The van der Waals surface area contributed by atoms with Crippen LogP contribution in [0.2, 0.25) is 0 Å². The van der Waals surface area contributed by atoms with Gasteiger partial charge in [-0.3, -0.25) is 0 Å². The first-order valence-electron chi connectivity index (χ1n) is 5.35. The van der Waals surface area contributed by atoms with Gasteiger partial charge < -0.3 is 15.3 Å². The molecule has 6 heteroatoms. The monoisotopic (exact) mass is 228 g/mol. The number of rotatable bonds is 6. The van der Waals surface area contributed by atoms with Crippen molar-refractivity contribution in [3.63, 3.8) is 0 Å². The minimum atomic E-state index is -0.475. The maximum absolute atomic E-state index is 13.5. The Balaban J connectivity index is 2.94. The summed E-state index contributed by atoms with van der Waals surface area (Å²) in [5.74, 6) is 0.148. The second-order valence-electron chi connectivity index (χ2n) is 3.20. The smallest absolute Gasteiger partial charge is 0.224 e. The minimum absolute atomic E-state index is 0.0339. The van der Waals surface area contributed by atoms with E-state index in [1.54, 1.807) is 4.90 Å². The molecule has 0 aliphatic rings. The maximum atomic E-state index is 13.5. The predicted octanol–water partition coefficient (Wildman–Crippen LogP) is 0.866. The third kappa shape index (κ3) is 3.03. The van der Waals surface area contributed by atoms with Crippen LogP contribution in [0.25, 0.3) is 0 Å². The van der Waals surface area contributed by atoms with E-state index in [0.717, 1.165) is 6.20 Å². The number of hydrogen-bond acceptors (Lipinski definition) is 5. The van der Waals surface area contributed by atoms with Gasteiger partial charge in [0, 0.05) is 19.6 Å². The summed E-state index contributed by atoms with van der Waals surface area (Å²) in [4.78, 5) is 9.55. The van der Waals surface area contributed by atoms with Crippen molar-refractivity contribution < 1.29 is 9.50 Å². The summed E-state index contributed by atoms with van der Waals surface area (Å²) < 4.78 is 13.5. The zero-order chi connectivity index (χ0) is 12.0. The lowest BCUT2D eigenvalue weighted by atomic mass is 10.4. The summed E-state index contributed by atoms with van der Waals surface area (Å²) in [6.45, 7) is 5.38. The molecule has 0 aliphatic heterocycles. The molecule has 0 aromatic carbocycles. The average Bonchev–Trinajstić information content (AvgIpc) is 2.29. The van der Waals surface area contributed by atoms with Crippen molar-refractivity contribution in [1.29, 1.82) is 0 Å². The normalized spacial score (nSPS) is 10.2. The van der Waals surface area contributed by atoms with Gasteiger partial charge in [0.05, 0.1) is 12.8 Å². The van der Waals surface area contributed by atoms with Gasteiger partial charge in [0.15, 0.2) is 11.6 Å². The molecule has 0 aliphatic carbocycles. The van der Waals surface area contributed by atoms with E-state index in [4.69, 9.17) is 5.11 Å². The fourth-order valence-corrected chi connectivity index (χ4v) is 1.36. The van der Waals surface area contributed by atoms with Gasteiger partial charge in [-0.15, -0.1) is 0 Å². The van der Waals surface area contributed by atoms with Crippen molar-refractivity contribution >= 4 is 11.8 Å². The second kappa shape index (κ2) is 6.22. The summed E-state index contributed by atoms with van der Waals surface area (Å²) in [5, 5.41) is 11.8. The molecule has 1 aromatic rings. The molecule has 0 spiro atoms. The van der Waals surface area contributed by atoms with E-state index in [2.05, 4.69) is 15.3 Å². The minimum Gasteiger partial charge on any atom is -0.395 e. The molecule has 0 saturated carbocycles. The fraction of sp³-hybridized carbons (Fsp3) is 0.600. The van der Waals surface area contributed by atoms with E-state index in [1.165, 1.54) is 0 Å². The Hall–Kier alpha value is -1.43. The molecule has 90 valence electrons. The van der Waals surface area contributed by atoms with E-state index < -0.39 is 5.82 Å². The standard InChI is InChI=1S/C10H17FN4O/c1-3-12-10-13-7-8(11)9(14-10)15(4-2)5-6-16/h7,16H,3-6H2,1-2H3,(H,12,13,14). The van der Waals surface area contributed by atoms with Crippen molar-refractivity contribution in [1.82, 2.24) is 9.97 Å². The Morgan fingerprint density at radius 1 is 1.50 bits per heavy atom. The quantitative estimate of drug-likeness (QED) is 0.756. The van der Waals surface area contributed by atoms with Crippen LogP contribution in [0.5, 0.6) is 0 Å². The van der Waals surface area contributed by atoms with Crippen LogP contribution in [0.3, 0.4) is 0 Å². The van der Waals surface area contributed by atoms with Gasteiger partial charge in [-0.25, -0.2) is 9.37 Å². The highest BCUT2D eigenvalue weighted by molar-refractivity contribution is 5.43. The first-order chi connectivity index (χ1) is 7.72. The first kappa shape index (κ1) is 12.6. The number of aliphatic hydroxyl groups excluding tert-OH is 1. The van der Waals surface area contributed by atoms with E-state index >= 15 is 0 Å². The largest absolute Gasteiger partial charge is 0.395 e. The number of nitrogens with one attached hydrogen (secondary N) is 1. The SMILES string of the molecule is CCNc1ncc(F)c(N(CC)CCO)n1. The molecule has 1 rings (SSSR count). The molecule has 0 radical (unpaired) electrons. The number of hydrogen-bond donors (Lipinski definition) is 2. The average molecular weight is 228 g/mol. The van der Waals surface area contributed by atoms with E-state index in [0.29, 0.717) is 25.6 Å². The van der Waals surface area contributed by atoms with Crippen molar-refractivity contribution in [2.24, 2.45) is 0 Å². The molecule has 0 amide bonds.